The van der Waals surface area contributed by atoms with E-state index in [4.69, 9.17) is 0 Å². The molecule has 2 heteroatoms. The molecule has 1 heterocycles. The fraction of sp³-hybridized carbons (Fsp3) is 0.214. The van der Waals surface area contributed by atoms with Gasteiger partial charge in [-0.05, 0) is 64.3 Å². The molecule has 0 fully saturated rings. The van der Waals surface area contributed by atoms with Gasteiger partial charge in [0.05, 0.1) is 5.52 Å². The molecule has 78 valence electrons. The van der Waals surface area contributed by atoms with E-state index in [1.54, 1.807) is 11.1 Å². The molecular formula is C14H10IN. The Hall–Kier alpha value is -0.900. The molecule has 0 radical (unpaired) electrons. The summed E-state index contributed by atoms with van der Waals surface area (Å²) < 4.78 is 1.29. The third-order valence-corrected chi connectivity index (χ3v) is 4.56. The summed E-state index contributed by atoms with van der Waals surface area (Å²) in [5.74, 6) is 0.730. The quantitative estimate of drug-likeness (QED) is 0.666. The SMILES string of the molecule is Ic1cc2c(c3cccnc13)C1=CCCC12. The smallest absolute Gasteiger partial charge is 0.0841 e. The third kappa shape index (κ3) is 0.986. The van der Waals surface area contributed by atoms with Crippen LogP contribution >= 0.6 is 22.6 Å². The van der Waals surface area contributed by atoms with Crippen LogP contribution in [0, 0.1) is 3.57 Å². The van der Waals surface area contributed by atoms with Crippen molar-refractivity contribution in [2.24, 2.45) is 0 Å². The van der Waals surface area contributed by atoms with Crippen molar-refractivity contribution < 1.29 is 0 Å². The lowest BCUT2D eigenvalue weighted by atomic mass is 9.72. The van der Waals surface area contributed by atoms with E-state index >= 15 is 0 Å². The summed E-state index contributed by atoms with van der Waals surface area (Å²) in [6.45, 7) is 0. The van der Waals surface area contributed by atoms with Crippen LogP contribution in [0.15, 0.2) is 30.5 Å². The standard InChI is InChI=1S/C14H10IN/c15-12-7-11-8-3-1-4-9(8)13(11)10-5-2-6-16-14(10)12/h2,4-8H,1,3H2. The number of rotatable bonds is 0. The lowest BCUT2D eigenvalue weighted by molar-refractivity contribution is 0.780. The Morgan fingerprint density at radius 3 is 3.25 bits per heavy atom. The number of pyridine rings is 1. The molecule has 2 aliphatic carbocycles. The van der Waals surface area contributed by atoms with Gasteiger partial charge in [0.25, 0.3) is 0 Å². The Kier molecular flexibility index (Phi) is 1.76. The minimum absolute atomic E-state index is 0.730. The van der Waals surface area contributed by atoms with Crippen LogP contribution in [0.3, 0.4) is 0 Å². The Morgan fingerprint density at radius 1 is 1.38 bits per heavy atom. The highest BCUT2D eigenvalue weighted by molar-refractivity contribution is 14.1. The molecule has 0 saturated heterocycles. The summed E-state index contributed by atoms with van der Waals surface area (Å²) in [4.78, 5) is 4.50. The minimum Gasteiger partial charge on any atom is -0.255 e. The number of halogens is 1. The summed E-state index contributed by atoms with van der Waals surface area (Å²) in [6, 6.07) is 6.58. The van der Waals surface area contributed by atoms with Gasteiger partial charge in [-0.3, -0.25) is 4.98 Å². The van der Waals surface area contributed by atoms with Gasteiger partial charge in [0.2, 0.25) is 0 Å². The van der Waals surface area contributed by atoms with Crippen molar-refractivity contribution in [3.8, 4) is 0 Å². The van der Waals surface area contributed by atoms with Crippen molar-refractivity contribution in [2.75, 3.05) is 0 Å². The number of aromatic nitrogens is 1. The molecule has 0 amide bonds. The lowest BCUT2D eigenvalue weighted by Gasteiger charge is -2.31. The van der Waals surface area contributed by atoms with Crippen molar-refractivity contribution in [3.05, 3.63) is 45.2 Å². The van der Waals surface area contributed by atoms with Crippen LogP contribution in [0.5, 0.6) is 0 Å². The average Bonchev–Trinajstić information content (AvgIpc) is 2.70. The molecule has 0 aliphatic heterocycles. The van der Waals surface area contributed by atoms with Crippen LogP contribution in [-0.2, 0) is 0 Å². The normalized spacial score (nSPS) is 21.3. The molecule has 1 nitrogen and oxygen atoms in total. The predicted octanol–water partition coefficient (Wildman–Crippen LogP) is 4.11. The van der Waals surface area contributed by atoms with E-state index in [2.05, 4.69) is 45.8 Å². The monoisotopic (exact) mass is 319 g/mol. The van der Waals surface area contributed by atoms with Crippen molar-refractivity contribution in [3.63, 3.8) is 0 Å². The van der Waals surface area contributed by atoms with Gasteiger partial charge in [0.15, 0.2) is 0 Å². The molecule has 0 bridgehead atoms. The number of allylic oxidation sites excluding steroid dienone is 2. The molecule has 2 aliphatic rings. The first-order chi connectivity index (χ1) is 7.86. The van der Waals surface area contributed by atoms with Crippen molar-refractivity contribution >= 4 is 39.1 Å². The molecule has 0 N–H and O–H groups in total. The molecule has 1 aromatic heterocycles. The summed E-state index contributed by atoms with van der Waals surface area (Å²) >= 11 is 2.41. The van der Waals surface area contributed by atoms with Gasteiger partial charge < -0.3 is 0 Å². The minimum atomic E-state index is 0.730. The zero-order valence-corrected chi connectivity index (χ0v) is 10.9. The largest absolute Gasteiger partial charge is 0.255 e. The van der Waals surface area contributed by atoms with Gasteiger partial charge >= 0.3 is 0 Å². The first-order valence-electron chi connectivity index (χ1n) is 5.64. The Morgan fingerprint density at radius 2 is 2.31 bits per heavy atom. The third-order valence-electron chi connectivity index (χ3n) is 3.73. The van der Waals surface area contributed by atoms with Gasteiger partial charge in [-0.25, -0.2) is 0 Å². The zero-order valence-electron chi connectivity index (χ0n) is 8.70. The molecule has 0 saturated carbocycles. The highest BCUT2D eigenvalue weighted by Gasteiger charge is 2.36. The van der Waals surface area contributed by atoms with Crippen molar-refractivity contribution in [2.45, 2.75) is 18.8 Å². The van der Waals surface area contributed by atoms with Crippen LogP contribution in [0.25, 0.3) is 16.5 Å². The van der Waals surface area contributed by atoms with Crippen LogP contribution in [-0.4, -0.2) is 4.98 Å². The molecule has 16 heavy (non-hydrogen) atoms. The van der Waals surface area contributed by atoms with Crippen molar-refractivity contribution in [1.82, 2.24) is 4.98 Å². The van der Waals surface area contributed by atoms with E-state index in [0.29, 0.717) is 0 Å². The number of nitrogens with zero attached hydrogens (tertiary/aromatic N) is 1. The maximum absolute atomic E-state index is 4.50. The molecule has 1 atom stereocenters. The lowest BCUT2D eigenvalue weighted by Crippen LogP contribution is -2.14. The summed E-state index contributed by atoms with van der Waals surface area (Å²) in [5.41, 5.74) is 5.76. The van der Waals surface area contributed by atoms with Crippen LogP contribution in [0.4, 0.5) is 0 Å². The van der Waals surface area contributed by atoms with Gasteiger partial charge in [-0.2, -0.15) is 0 Å². The number of fused-ring (bicyclic) bond motifs is 6. The molecule has 2 aromatic rings. The van der Waals surface area contributed by atoms with E-state index in [0.717, 1.165) is 11.4 Å². The van der Waals surface area contributed by atoms with Crippen LogP contribution in [0.1, 0.15) is 29.9 Å². The van der Waals surface area contributed by atoms with E-state index in [9.17, 15) is 0 Å². The molecule has 1 unspecified atom stereocenters. The van der Waals surface area contributed by atoms with E-state index < -0.39 is 0 Å². The summed E-state index contributed by atoms with van der Waals surface area (Å²) in [6.07, 6.45) is 6.85. The first kappa shape index (κ1) is 9.16. The van der Waals surface area contributed by atoms with E-state index in [1.165, 1.54) is 27.4 Å². The highest BCUT2D eigenvalue weighted by atomic mass is 127. The second kappa shape index (κ2) is 3.06. The second-order valence-corrected chi connectivity index (χ2v) is 5.67. The Labute approximate surface area is 108 Å². The first-order valence-corrected chi connectivity index (χ1v) is 6.71. The highest BCUT2D eigenvalue weighted by Crippen LogP contribution is 2.55. The fourth-order valence-corrected chi connectivity index (χ4v) is 3.82. The fourth-order valence-electron chi connectivity index (χ4n) is 3.05. The summed E-state index contributed by atoms with van der Waals surface area (Å²) in [5, 5.41) is 1.34. The summed E-state index contributed by atoms with van der Waals surface area (Å²) in [7, 11) is 0. The van der Waals surface area contributed by atoms with E-state index in [1.807, 2.05) is 12.3 Å². The molecule has 4 rings (SSSR count). The number of hydrogen-bond donors (Lipinski definition) is 0. The maximum Gasteiger partial charge on any atom is 0.0841 e. The molecule has 0 spiro atoms. The van der Waals surface area contributed by atoms with Gasteiger partial charge in [0, 0.05) is 21.1 Å². The molecular weight excluding hydrogens is 309 g/mol. The van der Waals surface area contributed by atoms with Gasteiger partial charge in [0.1, 0.15) is 0 Å². The Balaban J connectivity index is 2.16. The van der Waals surface area contributed by atoms with Crippen LogP contribution in [0.2, 0.25) is 0 Å². The van der Waals surface area contributed by atoms with Crippen LogP contribution < -0.4 is 0 Å². The second-order valence-electron chi connectivity index (χ2n) is 4.51. The Bertz CT molecular complexity index is 642. The average molecular weight is 319 g/mol. The maximum atomic E-state index is 4.50. The zero-order chi connectivity index (χ0) is 10.7. The van der Waals surface area contributed by atoms with E-state index in [-0.39, 0.29) is 0 Å². The van der Waals surface area contributed by atoms with Gasteiger partial charge in [-0.1, -0.05) is 12.1 Å². The van der Waals surface area contributed by atoms with Crippen molar-refractivity contribution in [1.29, 1.82) is 0 Å². The van der Waals surface area contributed by atoms with Gasteiger partial charge in [-0.15, -0.1) is 0 Å². The topological polar surface area (TPSA) is 12.9 Å². The number of benzene rings is 1. The molecule has 1 aromatic carbocycles. The predicted molar refractivity (Wildman–Crippen MR) is 74.4 cm³/mol. The number of hydrogen-bond acceptors (Lipinski definition) is 1.